The summed E-state index contributed by atoms with van der Waals surface area (Å²) in [6, 6.07) is 15.0. The Morgan fingerprint density at radius 2 is 1.76 bits per heavy atom. The lowest BCUT2D eigenvalue weighted by atomic mass is 10.1. The van der Waals surface area contributed by atoms with Gasteiger partial charge in [0.15, 0.2) is 0 Å². The van der Waals surface area contributed by atoms with E-state index in [2.05, 4.69) is 49.2 Å². The Labute approximate surface area is 126 Å². The number of halogens is 1. The van der Waals surface area contributed by atoms with Crippen molar-refractivity contribution in [2.45, 2.75) is 26.2 Å². The summed E-state index contributed by atoms with van der Waals surface area (Å²) in [6.45, 7) is 7.51. The maximum atomic E-state index is 13.5. The zero-order valence-electron chi connectivity index (χ0n) is 12.6. The van der Waals surface area contributed by atoms with Crippen LogP contribution in [0.5, 0.6) is 0 Å². The lowest BCUT2D eigenvalue weighted by Crippen LogP contribution is -2.37. The van der Waals surface area contributed by atoms with E-state index in [1.54, 1.807) is 12.1 Å². The summed E-state index contributed by atoms with van der Waals surface area (Å²) < 4.78 is 13.5. The molecule has 0 heterocycles. The Bertz CT molecular complexity index is 667. The average Bonchev–Trinajstić information content (AvgIpc) is 2.44. The molecule has 0 aromatic heterocycles. The van der Waals surface area contributed by atoms with Crippen LogP contribution in [0.25, 0.3) is 0 Å². The smallest absolute Gasteiger partial charge is 0.143 e. The van der Waals surface area contributed by atoms with Gasteiger partial charge in [-0.25, -0.2) is 4.39 Å². The topological polar surface area (TPSA) is 35.8 Å². The monoisotopic (exact) mass is 298 g/mol. The van der Waals surface area contributed by atoms with Crippen LogP contribution in [-0.2, 0) is 6.54 Å². The second-order valence-corrected chi connectivity index (χ2v) is 11.2. The van der Waals surface area contributed by atoms with Crippen LogP contribution in [-0.4, -0.2) is 8.07 Å². The van der Waals surface area contributed by atoms with Gasteiger partial charge in [0.1, 0.15) is 17.4 Å². The van der Waals surface area contributed by atoms with Crippen molar-refractivity contribution in [1.29, 1.82) is 5.26 Å². The van der Waals surface area contributed by atoms with E-state index in [9.17, 15) is 4.39 Å². The molecular weight excluding hydrogens is 279 g/mol. The van der Waals surface area contributed by atoms with Gasteiger partial charge in [0.2, 0.25) is 0 Å². The Kier molecular flexibility index (Phi) is 4.44. The number of hydrogen-bond donors (Lipinski definition) is 1. The molecule has 0 saturated heterocycles. The van der Waals surface area contributed by atoms with Crippen LogP contribution in [0.2, 0.25) is 19.6 Å². The molecule has 0 atom stereocenters. The normalized spacial score (nSPS) is 11.0. The third-order valence-corrected chi connectivity index (χ3v) is 5.49. The van der Waals surface area contributed by atoms with Crippen LogP contribution in [0.3, 0.4) is 0 Å². The molecule has 0 unspecified atom stereocenters. The fraction of sp³-hybridized carbons (Fsp3) is 0.235. The quantitative estimate of drug-likeness (QED) is 0.870. The number of benzene rings is 2. The van der Waals surface area contributed by atoms with E-state index in [0.29, 0.717) is 12.2 Å². The van der Waals surface area contributed by atoms with Gasteiger partial charge in [0.05, 0.1) is 13.8 Å². The summed E-state index contributed by atoms with van der Waals surface area (Å²) >= 11 is 0. The standard InChI is InChI=1S/C17H19FN2Si/c1-21(2,3)14-9-7-13(8-10-14)12-20-17-6-4-5-16(18)15(17)11-19/h4-10,20H,12H2,1-3H3. The van der Waals surface area contributed by atoms with Gasteiger partial charge in [0, 0.05) is 6.54 Å². The number of hydrogen-bond acceptors (Lipinski definition) is 2. The van der Waals surface area contributed by atoms with E-state index in [1.165, 1.54) is 11.3 Å². The molecule has 2 aromatic carbocycles. The van der Waals surface area contributed by atoms with Gasteiger partial charge in [-0.1, -0.05) is 55.2 Å². The molecule has 2 nitrogen and oxygen atoms in total. The molecule has 2 rings (SSSR count). The fourth-order valence-corrected chi connectivity index (χ4v) is 3.27. The highest BCUT2D eigenvalue weighted by Crippen LogP contribution is 2.18. The maximum Gasteiger partial charge on any atom is 0.143 e. The highest BCUT2D eigenvalue weighted by atomic mass is 28.3. The Morgan fingerprint density at radius 3 is 2.33 bits per heavy atom. The molecule has 0 spiro atoms. The first-order valence-electron chi connectivity index (χ1n) is 6.94. The molecular formula is C17H19FN2Si. The summed E-state index contributed by atoms with van der Waals surface area (Å²) in [7, 11) is -1.28. The predicted octanol–water partition coefficient (Wildman–Crippen LogP) is 3.85. The minimum absolute atomic E-state index is 0.0659. The minimum atomic E-state index is -1.28. The number of rotatable bonds is 4. The molecule has 108 valence electrons. The lowest BCUT2D eigenvalue weighted by molar-refractivity contribution is 0.624. The van der Waals surface area contributed by atoms with Crippen molar-refractivity contribution >= 4 is 18.9 Å². The molecule has 0 saturated carbocycles. The second-order valence-electron chi connectivity index (χ2n) is 6.07. The third kappa shape index (κ3) is 3.70. The summed E-state index contributed by atoms with van der Waals surface area (Å²) in [5.74, 6) is -0.489. The van der Waals surface area contributed by atoms with Crippen LogP contribution in [0, 0.1) is 17.1 Å². The highest BCUT2D eigenvalue weighted by molar-refractivity contribution is 6.88. The number of nitrogens with one attached hydrogen (secondary N) is 1. The first-order valence-corrected chi connectivity index (χ1v) is 10.4. The zero-order chi connectivity index (χ0) is 15.5. The van der Waals surface area contributed by atoms with E-state index < -0.39 is 13.9 Å². The van der Waals surface area contributed by atoms with Gasteiger partial charge in [-0.05, 0) is 17.7 Å². The first-order chi connectivity index (χ1) is 9.91. The average molecular weight is 298 g/mol. The van der Waals surface area contributed by atoms with Crippen molar-refractivity contribution in [3.05, 3.63) is 59.4 Å². The maximum absolute atomic E-state index is 13.5. The lowest BCUT2D eigenvalue weighted by Gasteiger charge is -2.17. The van der Waals surface area contributed by atoms with Crippen molar-refractivity contribution in [3.63, 3.8) is 0 Å². The fourth-order valence-electron chi connectivity index (χ4n) is 2.10. The van der Waals surface area contributed by atoms with E-state index in [-0.39, 0.29) is 5.56 Å². The van der Waals surface area contributed by atoms with Crippen LogP contribution in [0.4, 0.5) is 10.1 Å². The van der Waals surface area contributed by atoms with Gasteiger partial charge in [-0.15, -0.1) is 0 Å². The molecule has 2 aromatic rings. The third-order valence-electron chi connectivity index (χ3n) is 3.43. The van der Waals surface area contributed by atoms with Crippen molar-refractivity contribution in [3.8, 4) is 6.07 Å². The van der Waals surface area contributed by atoms with Gasteiger partial charge in [0.25, 0.3) is 0 Å². The van der Waals surface area contributed by atoms with Crippen LogP contribution in [0.1, 0.15) is 11.1 Å². The minimum Gasteiger partial charge on any atom is -0.380 e. The van der Waals surface area contributed by atoms with Crippen LogP contribution < -0.4 is 10.5 Å². The van der Waals surface area contributed by atoms with E-state index in [4.69, 9.17) is 5.26 Å². The molecule has 0 amide bonds. The zero-order valence-corrected chi connectivity index (χ0v) is 13.6. The first kappa shape index (κ1) is 15.3. The van der Waals surface area contributed by atoms with Crippen molar-refractivity contribution in [1.82, 2.24) is 0 Å². The van der Waals surface area contributed by atoms with Crippen LogP contribution in [0.15, 0.2) is 42.5 Å². The molecule has 1 N–H and O–H groups in total. The van der Waals surface area contributed by atoms with E-state index in [1.807, 2.05) is 6.07 Å². The number of nitriles is 1. The summed E-state index contributed by atoms with van der Waals surface area (Å²) in [5, 5.41) is 13.5. The number of nitrogens with zero attached hydrogens (tertiary/aromatic N) is 1. The van der Waals surface area contributed by atoms with Gasteiger partial charge < -0.3 is 5.32 Å². The van der Waals surface area contributed by atoms with E-state index in [0.717, 1.165) is 5.56 Å². The Morgan fingerprint density at radius 1 is 1.10 bits per heavy atom. The van der Waals surface area contributed by atoms with Crippen molar-refractivity contribution in [2.24, 2.45) is 0 Å². The largest absolute Gasteiger partial charge is 0.380 e. The highest BCUT2D eigenvalue weighted by Gasteiger charge is 2.15. The molecule has 0 aliphatic carbocycles. The summed E-state index contributed by atoms with van der Waals surface area (Å²) in [5.41, 5.74) is 1.72. The molecule has 0 bridgehead atoms. The SMILES string of the molecule is C[Si](C)(C)c1ccc(CNc2cccc(F)c2C#N)cc1. The Hall–Kier alpha value is -2.12. The van der Waals surface area contributed by atoms with Gasteiger partial charge >= 0.3 is 0 Å². The van der Waals surface area contributed by atoms with Crippen molar-refractivity contribution < 1.29 is 4.39 Å². The van der Waals surface area contributed by atoms with Crippen LogP contribution >= 0.6 is 0 Å². The molecule has 4 heteroatoms. The van der Waals surface area contributed by atoms with Gasteiger partial charge in [-0.3, -0.25) is 0 Å². The summed E-state index contributed by atoms with van der Waals surface area (Å²) in [4.78, 5) is 0. The Balaban J connectivity index is 2.11. The predicted molar refractivity (Wildman–Crippen MR) is 87.9 cm³/mol. The number of anilines is 1. The summed E-state index contributed by atoms with van der Waals surface area (Å²) in [6.07, 6.45) is 0. The molecule has 21 heavy (non-hydrogen) atoms. The molecule has 0 aliphatic heterocycles. The molecule has 0 aliphatic rings. The second kappa shape index (κ2) is 6.11. The van der Waals surface area contributed by atoms with E-state index >= 15 is 0 Å². The van der Waals surface area contributed by atoms with Crippen molar-refractivity contribution in [2.75, 3.05) is 5.32 Å². The molecule has 0 fully saturated rings. The van der Waals surface area contributed by atoms with Gasteiger partial charge in [-0.2, -0.15) is 5.26 Å². The molecule has 0 radical (unpaired) electrons.